The minimum Gasteiger partial charge on any atom is -0.324 e. The van der Waals surface area contributed by atoms with Crippen molar-refractivity contribution in [3.63, 3.8) is 0 Å². The fourth-order valence-electron chi connectivity index (χ4n) is 2.89. The number of amides is 3. The highest BCUT2D eigenvalue weighted by atomic mass is 79.9. The number of fused-ring (bicyclic) bond motifs is 1. The van der Waals surface area contributed by atoms with Crippen LogP contribution in [0.25, 0.3) is 0 Å². The van der Waals surface area contributed by atoms with Gasteiger partial charge in [0, 0.05) is 10.2 Å². The van der Waals surface area contributed by atoms with Crippen LogP contribution in [0.1, 0.15) is 27.1 Å². The maximum atomic E-state index is 12.9. The van der Waals surface area contributed by atoms with Crippen LogP contribution in [0.15, 0.2) is 53.0 Å². The van der Waals surface area contributed by atoms with Gasteiger partial charge in [-0.15, -0.1) is 0 Å². The number of benzene rings is 2. The van der Waals surface area contributed by atoms with Crippen molar-refractivity contribution in [1.29, 1.82) is 0 Å². The van der Waals surface area contributed by atoms with E-state index in [9.17, 15) is 14.4 Å². The summed E-state index contributed by atoms with van der Waals surface area (Å²) in [6.07, 6.45) is 2.32. The predicted octanol–water partition coefficient (Wildman–Crippen LogP) is 3.81. The fourth-order valence-corrected chi connectivity index (χ4v) is 3.75. The second kappa shape index (κ2) is 8.05. The van der Waals surface area contributed by atoms with Crippen molar-refractivity contribution in [3.05, 3.63) is 64.1 Å². The van der Waals surface area contributed by atoms with Gasteiger partial charge in [0.2, 0.25) is 5.91 Å². The maximum Gasteiger partial charge on any atom is 0.262 e. The lowest BCUT2D eigenvalue weighted by Crippen LogP contribution is -2.47. The summed E-state index contributed by atoms with van der Waals surface area (Å²) in [5.41, 5.74) is 1.30. The number of hydrogen-bond acceptors (Lipinski definition) is 4. The zero-order chi connectivity index (χ0) is 18.7. The van der Waals surface area contributed by atoms with Gasteiger partial charge in [0.05, 0.1) is 11.1 Å². The standard InChI is InChI=1S/C19H17BrN2O3S/c1-26-10-9-16(17(23)21-13-6-4-5-12(20)11-13)22-18(24)14-7-2-3-8-15(14)19(22)25/h2-8,11,16H,9-10H2,1H3,(H,21,23)/t16-/m1/s1. The molecule has 1 aliphatic heterocycles. The first-order valence-corrected chi connectivity index (χ1v) is 10.2. The molecule has 0 spiro atoms. The Morgan fingerprint density at radius 2 is 1.77 bits per heavy atom. The van der Waals surface area contributed by atoms with Crippen molar-refractivity contribution in [1.82, 2.24) is 4.90 Å². The Morgan fingerprint density at radius 1 is 1.12 bits per heavy atom. The fraction of sp³-hybridized carbons (Fsp3) is 0.211. The molecule has 0 fully saturated rings. The third-order valence-corrected chi connectivity index (χ3v) is 5.26. The molecule has 3 rings (SSSR count). The SMILES string of the molecule is CSCC[C@H](C(=O)Nc1cccc(Br)c1)N1C(=O)c2ccccc2C1=O. The van der Waals surface area contributed by atoms with Crippen LogP contribution < -0.4 is 5.32 Å². The van der Waals surface area contributed by atoms with E-state index in [1.54, 1.807) is 54.2 Å². The van der Waals surface area contributed by atoms with Gasteiger partial charge in [-0.2, -0.15) is 11.8 Å². The van der Waals surface area contributed by atoms with Crippen molar-refractivity contribution >= 4 is 51.1 Å². The van der Waals surface area contributed by atoms with Crippen LogP contribution in [-0.4, -0.2) is 40.7 Å². The zero-order valence-corrected chi connectivity index (χ0v) is 16.5. The average molecular weight is 433 g/mol. The van der Waals surface area contributed by atoms with Crippen LogP contribution in [0.4, 0.5) is 5.69 Å². The summed E-state index contributed by atoms with van der Waals surface area (Å²) in [7, 11) is 0. The summed E-state index contributed by atoms with van der Waals surface area (Å²) in [6, 6.07) is 13.0. The molecule has 0 saturated heterocycles. The van der Waals surface area contributed by atoms with E-state index in [2.05, 4.69) is 21.2 Å². The molecular formula is C19H17BrN2O3S. The Morgan fingerprint density at radius 3 is 2.35 bits per heavy atom. The lowest BCUT2D eigenvalue weighted by molar-refractivity contribution is -0.120. The van der Waals surface area contributed by atoms with E-state index in [1.807, 2.05) is 12.3 Å². The van der Waals surface area contributed by atoms with Crippen LogP contribution in [0.3, 0.4) is 0 Å². The summed E-state index contributed by atoms with van der Waals surface area (Å²) < 4.78 is 0.830. The summed E-state index contributed by atoms with van der Waals surface area (Å²) in [6.45, 7) is 0. The normalized spacial score (nSPS) is 14.3. The van der Waals surface area contributed by atoms with Crippen LogP contribution in [0.2, 0.25) is 0 Å². The molecule has 0 saturated carbocycles. The number of carbonyl (C=O) groups excluding carboxylic acids is 3. The first-order valence-electron chi connectivity index (χ1n) is 8.05. The summed E-state index contributed by atoms with van der Waals surface area (Å²) in [4.78, 5) is 39.4. The second-order valence-corrected chi connectivity index (χ2v) is 7.72. The number of nitrogens with one attached hydrogen (secondary N) is 1. The van der Waals surface area contributed by atoms with Crippen molar-refractivity contribution < 1.29 is 14.4 Å². The molecule has 7 heteroatoms. The van der Waals surface area contributed by atoms with Crippen molar-refractivity contribution in [2.24, 2.45) is 0 Å². The van der Waals surface area contributed by atoms with E-state index in [-0.39, 0.29) is 5.91 Å². The molecule has 1 atom stereocenters. The summed E-state index contributed by atoms with van der Waals surface area (Å²) >= 11 is 4.93. The molecule has 0 aromatic heterocycles. The summed E-state index contributed by atoms with van der Waals surface area (Å²) in [5, 5.41) is 2.81. The second-order valence-electron chi connectivity index (χ2n) is 5.82. The minimum absolute atomic E-state index is 0.349. The van der Waals surface area contributed by atoms with Crippen molar-refractivity contribution in [2.45, 2.75) is 12.5 Å². The van der Waals surface area contributed by atoms with E-state index in [4.69, 9.17) is 0 Å². The quantitative estimate of drug-likeness (QED) is 0.704. The van der Waals surface area contributed by atoms with Gasteiger partial charge in [-0.1, -0.05) is 34.1 Å². The molecular weight excluding hydrogens is 416 g/mol. The highest BCUT2D eigenvalue weighted by molar-refractivity contribution is 9.10. The minimum atomic E-state index is -0.853. The van der Waals surface area contributed by atoms with E-state index < -0.39 is 17.9 Å². The number of halogens is 1. The van der Waals surface area contributed by atoms with Gasteiger partial charge in [-0.25, -0.2) is 0 Å². The van der Waals surface area contributed by atoms with Gasteiger partial charge in [-0.05, 0) is 48.8 Å². The smallest absolute Gasteiger partial charge is 0.262 e. The number of thioether (sulfide) groups is 1. The van der Waals surface area contributed by atoms with Gasteiger partial charge in [-0.3, -0.25) is 19.3 Å². The van der Waals surface area contributed by atoms with Gasteiger partial charge >= 0.3 is 0 Å². The first kappa shape index (κ1) is 18.7. The van der Waals surface area contributed by atoms with Crippen LogP contribution in [-0.2, 0) is 4.79 Å². The average Bonchev–Trinajstić information content (AvgIpc) is 2.87. The Labute approximate surface area is 164 Å². The van der Waals surface area contributed by atoms with Gasteiger partial charge in [0.1, 0.15) is 6.04 Å². The largest absolute Gasteiger partial charge is 0.324 e. The highest BCUT2D eigenvalue weighted by Crippen LogP contribution is 2.27. The Bertz CT molecular complexity index is 836. The number of nitrogens with zero attached hydrogens (tertiary/aromatic N) is 1. The molecule has 1 N–H and O–H groups in total. The molecule has 1 heterocycles. The van der Waals surface area contributed by atoms with Crippen LogP contribution >= 0.6 is 27.7 Å². The molecule has 26 heavy (non-hydrogen) atoms. The molecule has 0 unspecified atom stereocenters. The number of imide groups is 1. The van der Waals surface area contributed by atoms with E-state index in [1.165, 1.54) is 0 Å². The van der Waals surface area contributed by atoms with Crippen molar-refractivity contribution in [2.75, 3.05) is 17.3 Å². The molecule has 3 amide bonds. The van der Waals surface area contributed by atoms with Gasteiger partial charge in [0.25, 0.3) is 11.8 Å². The Balaban J connectivity index is 1.88. The van der Waals surface area contributed by atoms with Crippen LogP contribution in [0, 0.1) is 0 Å². The number of anilines is 1. The molecule has 0 aliphatic carbocycles. The topological polar surface area (TPSA) is 66.5 Å². The Hall–Kier alpha value is -2.12. The molecule has 2 aromatic rings. The number of rotatable bonds is 6. The highest BCUT2D eigenvalue weighted by Gasteiger charge is 2.42. The number of carbonyl (C=O) groups is 3. The van der Waals surface area contributed by atoms with Gasteiger partial charge < -0.3 is 5.32 Å². The lowest BCUT2D eigenvalue weighted by atomic mass is 10.1. The van der Waals surface area contributed by atoms with E-state index >= 15 is 0 Å². The maximum absolute atomic E-state index is 12.9. The zero-order valence-electron chi connectivity index (χ0n) is 14.1. The third-order valence-electron chi connectivity index (χ3n) is 4.13. The molecule has 2 aromatic carbocycles. The monoisotopic (exact) mass is 432 g/mol. The molecule has 0 radical (unpaired) electrons. The lowest BCUT2D eigenvalue weighted by Gasteiger charge is -2.25. The Kier molecular flexibility index (Phi) is 5.78. The van der Waals surface area contributed by atoms with E-state index in [0.29, 0.717) is 29.0 Å². The molecule has 134 valence electrons. The van der Waals surface area contributed by atoms with Gasteiger partial charge in [0.15, 0.2) is 0 Å². The number of hydrogen-bond donors (Lipinski definition) is 1. The van der Waals surface area contributed by atoms with E-state index in [0.717, 1.165) is 9.37 Å². The van der Waals surface area contributed by atoms with Crippen molar-refractivity contribution in [3.8, 4) is 0 Å². The molecule has 0 bridgehead atoms. The molecule has 1 aliphatic rings. The molecule has 5 nitrogen and oxygen atoms in total. The predicted molar refractivity (Wildman–Crippen MR) is 107 cm³/mol. The van der Waals surface area contributed by atoms with Crippen LogP contribution in [0.5, 0.6) is 0 Å². The third kappa shape index (κ3) is 3.68. The summed E-state index contributed by atoms with van der Waals surface area (Å²) in [5.74, 6) is -0.543. The first-order chi connectivity index (χ1) is 12.5.